The zero-order valence-electron chi connectivity index (χ0n) is 11.3. The molecule has 0 aliphatic rings. The highest BCUT2D eigenvalue weighted by molar-refractivity contribution is 5.26. The number of hydrogen-bond acceptors (Lipinski definition) is 3. The van der Waals surface area contributed by atoms with Crippen LogP contribution in [0, 0.1) is 5.92 Å². The van der Waals surface area contributed by atoms with Crippen LogP contribution in [0.4, 0.5) is 0 Å². The third-order valence-electron chi connectivity index (χ3n) is 2.79. The van der Waals surface area contributed by atoms with Gasteiger partial charge in [0.25, 0.3) is 0 Å². The van der Waals surface area contributed by atoms with Crippen LogP contribution in [0.2, 0.25) is 0 Å². The molecule has 0 spiro atoms. The molecule has 0 aliphatic heterocycles. The van der Waals surface area contributed by atoms with Gasteiger partial charge in [0.1, 0.15) is 6.17 Å². The topological polar surface area (TPSA) is 27.6 Å². The normalized spacial score (nSPS) is 12.6. The summed E-state index contributed by atoms with van der Waals surface area (Å²) in [6.45, 7) is 13.2. The standard InChI is InChI=1S/C13H27N3/c1-11(2)9-7-8-10-16(6)12(3)13(14-4)15-5/h11,13,15H,3-4,7-10H2,1-2,5-6H3. The molecule has 0 aliphatic carbocycles. The van der Waals surface area contributed by atoms with Gasteiger partial charge in [-0.1, -0.05) is 33.3 Å². The molecule has 1 N–H and O–H groups in total. The molecule has 0 aromatic rings. The van der Waals surface area contributed by atoms with E-state index < -0.39 is 0 Å². The molecule has 0 heterocycles. The molecule has 16 heavy (non-hydrogen) atoms. The summed E-state index contributed by atoms with van der Waals surface area (Å²) in [6, 6.07) is 0. The lowest BCUT2D eigenvalue weighted by atomic mass is 10.1. The Morgan fingerprint density at radius 3 is 2.44 bits per heavy atom. The number of likely N-dealkylation sites (N-methyl/N-ethyl adjacent to an activating group) is 2. The molecule has 0 saturated carbocycles. The molecule has 1 atom stereocenters. The number of unbranched alkanes of at least 4 members (excludes halogenated alkanes) is 1. The Bertz CT molecular complexity index is 211. The summed E-state index contributed by atoms with van der Waals surface area (Å²) in [5.74, 6) is 0.799. The Hall–Kier alpha value is -0.830. The lowest BCUT2D eigenvalue weighted by Gasteiger charge is -2.25. The summed E-state index contributed by atoms with van der Waals surface area (Å²) in [4.78, 5) is 6.14. The molecule has 0 radical (unpaired) electrons. The highest BCUT2D eigenvalue weighted by Gasteiger charge is 2.10. The van der Waals surface area contributed by atoms with Crippen molar-refractivity contribution in [3.05, 3.63) is 12.3 Å². The summed E-state index contributed by atoms with van der Waals surface area (Å²) in [5.41, 5.74) is 0.988. The lowest BCUT2D eigenvalue weighted by Crippen LogP contribution is -2.33. The minimum atomic E-state index is -0.0601. The van der Waals surface area contributed by atoms with Crippen LogP contribution in [0.3, 0.4) is 0 Å². The van der Waals surface area contributed by atoms with Gasteiger partial charge in [0.15, 0.2) is 0 Å². The number of nitrogens with one attached hydrogen (secondary N) is 1. The van der Waals surface area contributed by atoms with E-state index in [9.17, 15) is 0 Å². The molecule has 0 saturated heterocycles. The van der Waals surface area contributed by atoms with E-state index in [1.165, 1.54) is 19.3 Å². The van der Waals surface area contributed by atoms with Gasteiger partial charge in [-0.3, -0.25) is 10.3 Å². The predicted molar refractivity (Wildman–Crippen MR) is 72.9 cm³/mol. The SMILES string of the molecule is C=NC(NC)C(=C)N(C)CCCCC(C)C. The van der Waals surface area contributed by atoms with Crippen LogP contribution in [-0.4, -0.2) is 38.4 Å². The number of nitrogens with zero attached hydrogens (tertiary/aromatic N) is 2. The van der Waals surface area contributed by atoms with Gasteiger partial charge in [0, 0.05) is 19.3 Å². The quantitative estimate of drug-likeness (QED) is 0.482. The fourth-order valence-corrected chi connectivity index (χ4v) is 1.62. The van der Waals surface area contributed by atoms with Crippen molar-refractivity contribution in [3.63, 3.8) is 0 Å². The van der Waals surface area contributed by atoms with E-state index in [0.29, 0.717) is 0 Å². The third kappa shape index (κ3) is 5.91. The highest BCUT2D eigenvalue weighted by atomic mass is 15.2. The van der Waals surface area contributed by atoms with Crippen LogP contribution >= 0.6 is 0 Å². The molecule has 0 bridgehead atoms. The highest BCUT2D eigenvalue weighted by Crippen LogP contribution is 2.10. The molecule has 3 nitrogen and oxygen atoms in total. The van der Waals surface area contributed by atoms with Gasteiger partial charge < -0.3 is 4.90 Å². The van der Waals surface area contributed by atoms with Crippen LogP contribution in [-0.2, 0) is 0 Å². The molecule has 0 aromatic heterocycles. The van der Waals surface area contributed by atoms with Gasteiger partial charge in [0.2, 0.25) is 0 Å². The van der Waals surface area contributed by atoms with Crippen molar-refractivity contribution in [2.75, 3.05) is 20.6 Å². The van der Waals surface area contributed by atoms with Crippen LogP contribution in [0.5, 0.6) is 0 Å². The summed E-state index contributed by atoms with van der Waals surface area (Å²) < 4.78 is 0. The van der Waals surface area contributed by atoms with Crippen molar-refractivity contribution < 1.29 is 0 Å². The van der Waals surface area contributed by atoms with E-state index in [1.807, 2.05) is 7.05 Å². The van der Waals surface area contributed by atoms with Gasteiger partial charge >= 0.3 is 0 Å². The monoisotopic (exact) mass is 225 g/mol. The van der Waals surface area contributed by atoms with Gasteiger partial charge in [0.05, 0.1) is 0 Å². The van der Waals surface area contributed by atoms with Gasteiger partial charge in [-0.15, -0.1) is 0 Å². The Morgan fingerprint density at radius 2 is 2.00 bits per heavy atom. The Labute approximate surface area is 101 Å². The minimum Gasteiger partial charge on any atom is -0.376 e. The largest absolute Gasteiger partial charge is 0.376 e. The molecule has 0 aromatic carbocycles. The van der Waals surface area contributed by atoms with Crippen LogP contribution in [0.25, 0.3) is 0 Å². The van der Waals surface area contributed by atoms with E-state index in [-0.39, 0.29) is 6.17 Å². The van der Waals surface area contributed by atoms with Crippen molar-refractivity contribution in [1.29, 1.82) is 0 Å². The van der Waals surface area contributed by atoms with Gasteiger partial charge in [-0.2, -0.15) is 0 Å². The Balaban J connectivity index is 3.83. The summed E-state index contributed by atoms with van der Waals surface area (Å²) in [7, 11) is 3.93. The second-order valence-electron chi connectivity index (χ2n) is 4.68. The first-order chi connectivity index (χ1) is 7.52. The summed E-state index contributed by atoms with van der Waals surface area (Å²) in [5, 5.41) is 3.07. The van der Waals surface area contributed by atoms with Crippen molar-refractivity contribution >= 4 is 6.72 Å². The van der Waals surface area contributed by atoms with E-state index >= 15 is 0 Å². The fourth-order valence-electron chi connectivity index (χ4n) is 1.62. The zero-order valence-corrected chi connectivity index (χ0v) is 11.3. The molecular formula is C13H27N3. The van der Waals surface area contributed by atoms with E-state index in [0.717, 1.165) is 18.2 Å². The van der Waals surface area contributed by atoms with Gasteiger partial charge in [-0.05, 0) is 26.1 Å². The smallest absolute Gasteiger partial charge is 0.138 e. The molecule has 94 valence electrons. The van der Waals surface area contributed by atoms with Crippen LogP contribution in [0.15, 0.2) is 17.3 Å². The first-order valence-electron chi connectivity index (χ1n) is 6.06. The molecule has 1 unspecified atom stereocenters. The molecular weight excluding hydrogens is 198 g/mol. The van der Waals surface area contributed by atoms with Crippen molar-refractivity contribution in [3.8, 4) is 0 Å². The van der Waals surface area contributed by atoms with Crippen molar-refractivity contribution in [2.45, 2.75) is 39.3 Å². The zero-order chi connectivity index (χ0) is 12.6. The van der Waals surface area contributed by atoms with Crippen LogP contribution in [0.1, 0.15) is 33.1 Å². The summed E-state index contributed by atoms with van der Waals surface area (Å²) in [6.07, 6.45) is 3.73. The third-order valence-corrected chi connectivity index (χ3v) is 2.79. The first kappa shape index (κ1) is 15.2. The second kappa shape index (κ2) is 8.34. The lowest BCUT2D eigenvalue weighted by molar-refractivity contribution is 0.359. The number of hydrogen-bond donors (Lipinski definition) is 1. The molecule has 3 heteroatoms. The van der Waals surface area contributed by atoms with Crippen LogP contribution < -0.4 is 5.32 Å². The minimum absolute atomic E-state index is 0.0601. The van der Waals surface area contributed by atoms with Crippen molar-refractivity contribution in [2.24, 2.45) is 10.9 Å². The second-order valence-corrected chi connectivity index (χ2v) is 4.68. The van der Waals surface area contributed by atoms with Gasteiger partial charge in [-0.25, -0.2) is 0 Å². The predicted octanol–water partition coefficient (Wildman–Crippen LogP) is 2.50. The van der Waals surface area contributed by atoms with E-state index in [4.69, 9.17) is 0 Å². The number of aliphatic imine (C=N–C) groups is 1. The maximum absolute atomic E-state index is 4.04. The molecule has 0 fully saturated rings. The summed E-state index contributed by atoms with van der Waals surface area (Å²) >= 11 is 0. The van der Waals surface area contributed by atoms with E-state index in [1.54, 1.807) is 0 Å². The average Bonchev–Trinajstić information content (AvgIpc) is 2.25. The van der Waals surface area contributed by atoms with E-state index in [2.05, 4.69) is 49.4 Å². The number of rotatable bonds is 9. The Kier molecular flexibility index (Phi) is 7.90. The average molecular weight is 225 g/mol. The molecule has 0 rings (SSSR count). The van der Waals surface area contributed by atoms with Crippen molar-refractivity contribution in [1.82, 2.24) is 10.2 Å². The maximum Gasteiger partial charge on any atom is 0.138 e. The maximum atomic E-state index is 4.04. The fraction of sp³-hybridized carbons (Fsp3) is 0.769. The molecule has 0 amide bonds. The first-order valence-corrected chi connectivity index (χ1v) is 6.06. The Morgan fingerprint density at radius 1 is 1.38 bits per heavy atom.